The molecule has 0 saturated carbocycles. The summed E-state index contributed by atoms with van der Waals surface area (Å²) in [6, 6.07) is -0.579. The average Bonchev–Trinajstić information content (AvgIpc) is 3.35. The first-order chi connectivity index (χ1) is 15.4. The monoisotopic (exact) mass is 468 g/mol. The molecule has 3 N–H and O–H groups in total. The second kappa shape index (κ2) is 9.48. The minimum Gasteiger partial charge on any atom is -0.396 e. The second-order valence-electron chi connectivity index (χ2n) is 9.55. The number of likely N-dealkylation sites (tertiary alicyclic amines) is 1. The molecule has 4 heterocycles. The summed E-state index contributed by atoms with van der Waals surface area (Å²) in [7, 11) is 1.61. The molecule has 180 valence electrons. The van der Waals surface area contributed by atoms with E-state index < -0.39 is 22.6 Å². The number of thioether (sulfide) groups is 1. The normalized spacial score (nSPS) is 36.4. The number of aliphatic hydroxyl groups is 1. The van der Waals surface area contributed by atoms with Crippen LogP contribution in [0.15, 0.2) is 0 Å². The lowest BCUT2D eigenvalue weighted by Gasteiger charge is -2.35. The van der Waals surface area contributed by atoms with Crippen molar-refractivity contribution in [2.24, 2.45) is 11.8 Å². The molecule has 5 atom stereocenters. The van der Waals surface area contributed by atoms with Gasteiger partial charge in [0.25, 0.3) is 0 Å². The Kier molecular flexibility index (Phi) is 7.05. The summed E-state index contributed by atoms with van der Waals surface area (Å²) in [5.41, 5.74) is 0. The predicted molar refractivity (Wildman–Crippen MR) is 121 cm³/mol. The first-order valence-electron chi connectivity index (χ1n) is 11.8. The highest BCUT2D eigenvalue weighted by Crippen LogP contribution is 2.71. The molecule has 4 rings (SSSR count). The van der Waals surface area contributed by atoms with Crippen molar-refractivity contribution in [1.29, 1.82) is 0 Å². The maximum Gasteiger partial charge on any atom is 0.244 e. The zero-order chi connectivity index (χ0) is 22.9. The van der Waals surface area contributed by atoms with Crippen molar-refractivity contribution in [3.63, 3.8) is 0 Å². The smallest absolute Gasteiger partial charge is 0.244 e. The van der Waals surface area contributed by atoms with Crippen LogP contribution >= 0.6 is 11.8 Å². The largest absolute Gasteiger partial charge is 0.396 e. The maximum atomic E-state index is 13.6. The number of fused-ring (bicyclic) bond motifs is 1. The van der Waals surface area contributed by atoms with Crippen LogP contribution in [0.4, 0.5) is 0 Å². The van der Waals surface area contributed by atoms with Crippen molar-refractivity contribution in [1.82, 2.24) is 20.4 Å². The number of carbonyl (C=O) groups excluding carboxylic acids is 3. The molecule has 4 aliphatic heterocycles. The third kappa shape index (κ3) is 3.93. The highest BCUT2D eigenvalue weighted by molar-refractivity contribution is 8.02. The number of nitrogens with zero attached hydrogens (tertiary/aromatic N) is 2. The van der Waals surface area contributed by atoms with Gasteiger partial charge >= 0.3 is 0 Å². The Morgan fingerprint density at radius 1 is 1.19 bits per heavy atom. The molecular formula is C22H36N4O5S. The number of ether oxygens (including phenoxy) is 1. The topological polar surface area (TPSA) is 111 Å². The van der Waals surface area contributed by atoms with E-state index in [4.69, 9.17) is 4.74 Å². The number of rotatable bonds is 9. The predicted octanol–water partition coefficient (Wildman–Crippen LogP) is -0.565. The molecule has 9 nitrogen and oxygen atoms in total. The van der Waals surface area contributed by atoms with Crippen LogP contribution in [0.1, 0.15) is 32.6 Å². The van der Waals surface area contributed by atoms with E-state index in [1.54, 1.807) is 23.7 Å². The molecule has 2 unspecified atom stereocenters. The third-order valence-electron chi connectivity index (χ3n) is 7.69. The molecule has 0 aliphatic carbocycles. The fraction of sp³-hybridized carbons (Fsp3) is 0.864. The third-order valence-corrected chi connectivity index (χ3v) is 9.68. The highest BCUT2D eigenvalue weighted by Gasteiger charge is 2.76. The van der Waals surface area contributed by atoms with Crippen LogP contribution in [-0.2, 0) is 19.1 Å². The van der Waals surface area contributed by atoms with Gasteiger partial charge in [-0.15, -0.1) is 11.8 Å². The molecule has 4 aliphatic rings. The van der Waals surface area contributed by atoms with Gasteiger partial charge in [-0.3, -0.25) is 19.3 Å². The lowest BCUT2D eigenvalue weighted by atomic mass is 9.66. The van der Waals surface area contributed by atoms with Crippen LogP contribution in [0.25, 0.3) is 0 Å². The summed E-state index contributed by atoms with van der Waals surface area (Å²) in [6.45, 7) is 6.98. The van der Waals surface area contributed by atoms with Crippen LogP contribution in [-0.4, -0.2) is 108 Å². The van der Waals surface area contributed by atoms with Crippen molar-refractivity contribution in [2.75, 3.05) is 59.6 Å². The summed E-state index contributed by atoms with van der Waals surface area (Å²) in [4.78, 5) is 44.0. The average molecular weight is 469 g/mol. The Hall–Kier alpha value is -1.36. The number of amides is 3. The van der Waals surface area contributed by atoms with Crippen molar-refractivity contribution < 1.29 is 24.2 Å². The molecule has 10 heteroatoms. The van der Waals surface area contributed by atoms with E-state index in [0.717, 1.165) is 32.5 Å². The van der Waals surface area contributed by atoms with Crippen LogP contribution in [0.3, 0.4) is 0 Å². The zero-order valence-corrected chi connectivity index (χ0v) is 19.9. The fourth-order valence-corrected chi connectivity index (χ4v) is 8.53. The molecule has 1 spiro atoms. The van der Waals surface area contributed by atoms with E-state index in [1.807, 2.05) is 0 Å². The molecule has 4 saturated heterocycles. The number of nitrogens with one attached hydrogen (secondary N) is 2. The van der Waals surface area contributed by atoms with E-state index in [-0.39, 0.29) is 29.1 Å². The zero-order valence-electron chi connectivity index (χ0n) is 19.1. The van der Waals surface area contributed by atoms with Gasteiger partial charge in [0.1, 0.15) is 6.04 Å². The lowest BCUT2D eigenvalue weighted by molar-refractivity contribution is -0.140. The van der Waals surface area contributed by atoms with Gasteiger partial charge in [0.05, 0.1) is 29.8 Å². The Morgan fingerprint density at radius 2 is 1.94 bits per heavy atom. The first-order valence-corrected chi connectivity index (χ1v) is 12.6. The van der Waals surface area contributed by atoms with E-state index in [0.29, 0.717) is 39.1 Å². The van der Waals surface area contributed by atoms with Gasteiger partial charge in [-0.1, -0.05) is 0 Å². The second-order valence-corrected chi connectivity index (χ2v) is 11.4. The van der Waals surface area contributed by atoms with E-state index >= 15 is 0 Å². The number of hydrogen-bond acceptors (Lipinski definition) is 7. The molecule has 4 fully saturated rings. The van der Waals surface area contributed by atoms with Gasteiger partial charge < -0.3 is 25.4 Å². The van der Waals surface area contributed by atoms with Crippen molar-refractivity contribution in [3.8, 4) is 0 Å². The Labute approximate surface area is 194 Å². The molecule has 32 heavy (non-hydrogen) atoms. The van der Waals surface area contributed by atoms with Crippen molar-refractivity contribution in [2.45, 2.75) is 48.1 Å². The van der Waals surface area contributed by atoms with Crippen LogP contribution in [0.2, 0.25) is 0 Å². The number of aliphatic hydroxyl groups excluding tert-OH is 1. The Balaban J connectivity index is 1.54. The molecular weight excluding hydrogens is 432 g/mol. The molecule has 0 aromatic carbocycles. The number of hydrogen-bond donors (Lipinski definition) is 3. The van der Waals surface area contributed by atoms with Gasteiger partial charge in [-0.05, 0) is 32.6 Å². The van der Waals surface area contributed by atoms with Crippen molar-refractivity contribution >= 4 is 29.5 Å². The standard InChI is InChI=1S/C22H36N4O5S/c1-21-5-6-22(32-21)16(15(21)18(28)23-2)20(30)26(8-3-4-12-27)17(22)19(29)24-7-9-25-10-13-31-14-11-25/h15-17,27H,3-14H2,1-2H3,(H,23,28)(H,24,29)/t15-,16-,17?,21+,22?/m0/s1. The van der Waals surface area contributed by atoms with Gasteiger partial charge in [0.15, 0.2) is 0 Å². The highest BCUT2D eigenvalue weighted by atomic mass is 32.2. The lowest BCUT2D eigenvalue weighted by Crippen LogP contribution is -2.54. The minimum absolute atomic E-state index is 0.0563. The first kappa shape index (κ1) is 23.8. The molecule has 2 bridgehead atoms. The molecule has 3 amide bonds. The van der Waals surface area contributed by atoms with E-state index in [1.165, 1.54) is 0 Å². The summed E-state index contributed by atoms with van der Waals surface area (Å²) >= 11 is 1.69. The van der Waals surface area contributed by atoms with E-state index in [9.17, 15) is 19.5 Å². The number of carbonyl (C=O) groups is 3. The molecule has 0 aromatic heterocycles. The maximum absolute atomic E-state index is 13.6. The Bertz CT molecular complexity index is 748. The van der Waals surface area contributed by atoms with E-state index in [2.05, 4.69) is 22.5 Å². The summed E-state index contributed by atoms with van der Waals surface area (Å²) in [5.74, 6) is -1.21. The minimum atomic E-state index is -0.579. The van der Waals surface area contributed by atoms with Gasteiger partial charge in [0, 0.05) is 51.1 Å². The van der Waals surface area contributed by atoms with Crippen LogP contribution in [0, 0.1) is 11.8 Å². The SMILES string of the molecule is CNC(=O)[C@@H]1[C@H]2C(=O)N(CCCCO)C(C(=O)NCCN3CCOCC3)C23CC[C@@]1(C)S3. The van der Waals surface area contributed by atoms with Gasteiger partial charge in [-0.2, -0.15) is 0 Å². The van der Waals surface area contributed by atoms with Gasteiger partial charge in [0.2, 0.25) is 17.7 Å². The fourth-order valence-electron chi connectivity index (χ4n) is 6.18. The molecule has 0 radical (unpaired) electrons. The van der Waals surface area contributed by atoms with Gasteiger partial charge in [-0.25, -0.2) is 0 Å². The van der Waals surface area contributed by atoms with Crippen LogP contribution < -0.4 is 10.6 Å². The summed E-state index contributed by atoms with van der Waals surface area (Å²) in [6.07, 6.45) is 2.80. The quantitative estimate of drug-likeness (QED) is 0.389. The van der Waals surface area contributed by atoms with Crippen LogP contribution in [0.5, 0.6) is 0 Å². The molecule has 0 aromatic rings. The Morgan fingerprint density at radius 3 is 2.62 bits per heavy atom. The summed E-state index contributed by atoms with van der Waals surface area (Å²) < 4.78 is 4.49. The summed E-state index contributed by atoms with van der Waals surface area (Å²) in [5, 5.41) is 15.1. The number of unbranched alkanes of at least 4 members (excludes halogenated alkanes) is 1. The van der Waals surface area contributed by atoms with Crippen molar-refractivity contribution in [3.05, 3.63) is 0 Å². The number of morpholine rings is 1.